The maximum Gasteiger partial charge on any atom is 0.258 e. The van der Waals surface area contributed by atoms with Gasteiger partial charge in [-0.2, -0.15) is 0 Å². The molecule has 0 saturated heterocycles. The van der Waals surface area contributed by atoms with Gasteiger partial charge in [-0.25, -0.2) is 4.98 Å². The molecule has 2 aromatic rings. The molecule has 25 heavy (non-hydrogen) atoms. The molecule has 1 unspecified atom stereocenters. The van der Waals surface area contributed by atoms with E-state index in [0.717, 1.165) is 16.3 Å². The summed E-state index contributed by atoms with van der Waals surface area (Å²) in [6, 6.07) is 9.66. The van der Waals surface area contributed by atoms with Crippen molar-refractivity contribution in [2.75, 3.05) is 0 Å². The highest BCUT2D eigenvalue weighted by molar-refractivity contribution is 7.09. The molecule has 3 rings (SSSR count). The van der Waals surface area contributed by atoms with Crippen LogP contribution in [0.5, 0.6) is 0 Å². The van der Waals surface area contributed by atoms with Crippen LogP contribution in [0.2, 0.25) is 0 Å². The standard InChI is InChI=1S/C18H20N4O2S/c1-11-20-14(10-25-11)15-19-9-13(16(23)21-15)17(24)22-18(2,3)12-7-5-4-6-8-12/h4-10,15,21,23H,1-3H3,(H,22,24). The lowest BCUT2D eigenvalue weighted by molar-refractivity contribution is -0.118. The molecule has 0 spiro atoms. The third-order valence-corrected chi connectivity index (χ3v) is 4.76. The van der Waals surface area contributed by atoms with E-state index in [1.807, 2.05) is 56.5 Å². The molecule has 1 aliphatic rings. The molecule has 1 amide bonds. The van der Waals surface area contributed by atoms with E-state index in [4.69, 9.17) is 0 Å². The van der Waals surface area contributed by atoms with E-state index >= 15 is 0 Å². The van der Waals surface area contributed by atoms with Crippen LogP contribution >= 0.6 is 11.3 Å². The molecular weight excluding hydrogens is 336 g/mol. The molecule has 0 radical (unpaired) electrons. The largest absolute Gasteiger partial charge is 0.494 e. The average Bonchev–Trinajstić information content (AvgIpc) is 3.01. The van der Waals surface area contributed by atoms with Crippen LogP contribution in [-0.2, 0) is 10.3 Å². The Kier molecular flexibility index (Phi) is 4.59. The lowest BCUT2D eigenvalue weighted by atomic mass is 9.94. The lowest BCUT2D eigenvalue weighted by Crippen LogP contribution is -2.43. The van der Waals surface area contributed by atoms with Gasteiger partial charge in [0.2, 0.25) is 5.88 Å². The number of hydrogen-bond acceptors (Lipinski definition) is 6. The van der Waals surface area contributed by atoms with Gasteiger partial charge in [-0.05, 0) is 26.3 Å². The Morgan fingerprint density at radius 2 is 2.04 bits per heavy atom. The number of thiazole rings is 1. The average molecular weight is 356 g/mol. The van der Waals surface area contributed by atoms with Crippen molar-refractivity contribution >= 4 is 23.5 Å². The molecule has 6 nitrogen and oxygen atoms in total. The summed E-state index contributed by atoms with van der Waals surface area (Å²) in [6.07, 6.45) is 0.908. The number of aliphatic hydroxyl groups is 1. The summed E-state index contributed by atoms with van der Waals surface area (Å²) in [6.45, 7) is 5.72. The normalized spacial score (nSPS) is 17.3. The fourth-order valence-corrected chi connectivity index (χ4v) is 3.19. The van der Waals surface area contributed by atoms with E-state index in [2.05, 4.69) is 20.6 Å². The Hall–Kier alpha value is -2.67. The fraction of sp³-hybridized carbons (Fsp3) is 0.278. The van der Waals surface area contributed by atoms with Crippen LogP contribution in [0.25, 0.3) is 0 Å². The van der Waals surface area contributed by atoms with Crippen LogP contribution in [0.4, 0.5) is 0 Å². The molecule has 3 N–H and O–H groups in total. The minimum Gasteiger partial charge on any atom is -0.494 e. The van der Waals surface area contributed by atoms with Gasteiger partial charge in [0.1, 0.15) is 5.57 Å². The van der Waals surface area contributed by atoms with Crippen LogP contribution in [0.15, 0.2) is 52.2 Å². The number of nitrogens with zero attached hydrogens (tertiary/aromatic N) is 2. The first kappa shape index (κ1) is 17.2. The van der Waals surface area contributed by atoms with E-state index in [-0.39, 0.29) is 11.5 Å². The minimum atomic E-state index is -0.581. The SMILES string of the molecule is Cc1nc(C2N=CC(C(=O)NC(C)(C)c3ccccc3)=C(O)N2)cs1. The topological polar surface area (TPSA) is 86.6 Å². The molecule has 0 saturated carbocycles. The number of nitrogens with one attached hydrogen (secondary N) is 2. The third kappa shape index (κ3) is 3.71. The molecular formula is C18H20N4O2S. The molecule has 0 aliphatic carbocycles. The molecule has 1 aromatic carbocycles. The van der Waals surface area contributed by atoms with Crippen molar-refractivity contribution in [2.24, 2.45) is 4.99 Å². The fourth-order valence-electron chi connectivity index (χ4n) is 2.56. The summed E-state index contributed by atoms with van der Waals surface area (Å²) in [5.74, 6) is -0.595. The molecule has 0 fully saturated rings. The number of carbonyl (C=O) groups is 1. The number of aryl methyl sites for hydroxylation is 1. The van der Waals surface area contributed by atoms with Gasteiger partial charge in [-0.3, -0.25) is 9.79 Å². The highest BCUT2D eigenvalue weighted by Gasteiger charge is 2.28. The van der Waals surface area contributed by atoms with Crippen LogP contribution < -0.4 is 10.6 Å². The predicted octanol–water partition coefficient (Wildman–Crippen LogP) is 2.95. The quantitative estimate of drug-likeness (QED) is 0.786. The van der Waals surface area contributed by atoms with Gasteiger partial charge in [0, 0.05) is 11.6 Å². The highest BCUT2D eigenvalue weighted by atomic mass is 32.1. The van der Waals surface area contributed by atoms with E-state index < -0.39 is 17.6 Å². The van der Waals surface area contributed by atoms with Gasteiger partial charge in [0.15, 0.2) is 6.17 Å². The zero-order valence-electron chi connectivity index (χ0n) is 14.3. The second-order valence-electron chi connectivity index (χ2n) is 6.32. The summed E-state index contributed by atoms with van der Waals surface area (Å²) < 4.78 is 0. The number of carbonyl (C=O) groups excluding carboxylic acids is 1. The first-order chi connectivity index (χ1) is 11.9. The van der Waals surface area contributed by atoms with Gasteiger partial charge in [-0.1, -0.05) is 30.3 Å². The molecule has 130 valence electrons. The Morgan fingerprint density at radius 3 is 2.64 bits per heavy atom. The summed E-state index contributed by atoms with van der Waals surface area (Å²) in [4.78, 5) is 21.2. The molecule has 0 bridgehead atoms. The summed E-state index contributed by atoms with van der Waals surface area (Å²) in [5.41, 5.74) is 1.21. The lowest BCUT2D eigenvalue weighted by Gasteiger charge is -2.28. The third-order valence-electron chi connectivity index (χ3n) is 3.96. The van der Waals surface area contributed by atoms with Gasteiger partial charge in [0.05, 0.1) is 16.2 Å². The number of rotatable bonds is 4. The number of aliphatic hydroxyl groups excluding tert-OH is 1. The number of benzene rings is 1. The number of aromatic nitrogens is 1. The number of amides is 1. The van der Waals surface area contributed by atoms with Gasteiger partial charge >= 0.3 is 0 Å². The van der Waals surface area contributed by atoms with E-state index in [1.165, 1.54) is 17.6 Å². The van der Waals surface area contributed by atoms with Crippen LogP contribution in [0.3, 0.4) is 0 Å². The second kappa shape index (κ2) is 6.68. The van der Waals surface area contributed by atoms with Crippen LogP contribution in [0, 0.1) is 6.92 Å². The Labute approximate surface area is 150 Å². The van der Waals surface area contributed by atoms with Crippen molar-refractivity contribution in [2.45, 2.75) is 32.5 Å². The summed E-state index contributed by atoms with van der Waals surface area (Å²) in [7, 11) is 0. The van der Waals surface area contributed by atoms with Gasteiger partial charge < -0.3 is 15.7 Å². The van der Waals surface area contributed by atoms with E-state index in [9.17, 15) is 9.90 Å². The van der Waals surface area contributed by atoms with Crippen molar-refractivity contribution in [3.8, 4) is 0 Å². The monoisotopic (exact) mass is 356 g/mol. The highest BCUT2D eigenvalue weighted by Crippen LogP contribution is 2.23. The van der Waals surface area contributed by atoms with Crippen molar-refractivity contribution in [1.82, 2.24) is 15.6 Å². The molecule has 7 heteroatoms. The molecule has 1 aliphatic heterocycles. The smallest absolute Gasteiger partial charge is 0.258 e. The summed E-state index contributed by atoms with van der Waals surface area (Å²) >= 11 is 1.51. The first-order valence-corrected chi connectivity index (χ1v) is 8.78. The first-order valence-electron chi connectivity index (χ1n) is 7.90. The zero-order valence-corrected chi connectivity index (χ0v) is 15.1. The molecule has 1 atom stereocenters. The predicted molar refractivity (Wildman–Crippen MR) is 98.5 cm³/mol. The van der Waals surface area contributed by atoms with Gasteiger partial charge in [-0.15, -0.1) is 11.3 Å². The zero-order chi connectivity index (χ0) is 18.0. The maximum absolute atomic E-state index is 12.6. The molecule has 1 aromatic heterocycles. The van der Waals surface area contributed by atoms with Crippen molar-refractivity contribution in [1.29, 1.82) is 0 Å². The Bertz CT molecular complexity index is 840. The summed E-state index contributed by atoms with van der Waals surface area (Å²) in [5, 5.41) is 18.8. The van der Waals surface area contributed by atoms with Crippen molar-refractivity contribution in [3.05, 3.63) is 63.4 Å². The van der Waals surface area contributed by atoms with E-state index in [0.29, 0.717) is 0 Å². The maximum atomic E-state index is 12.6. The Balaban J connectivity index is 1.74. The van der Waals surface area contributed by atoms with Crippen LogP contribution in [0.1, 0.15) is 36.3 Å². The van der Waals surface area contributed by atoms with E-state index in [1.54, 1.807) is 0 Å². The second-order valence-corrected chi connectivity index (χ2v) is 7.39. The van der Waals surface area contributed by atoms with Gasteiger partial charge in [0.25, 0.3) is 5.91 Å². The number of aliphatic imine (C=N–C) groups is 1. The number of hydrogen-bond donors (Lipinski definition) is 3. The molecule has 2 heterocycles. The van der Waals surface area contributed by atoms with Crippen molar-refractivity contribution < 1.29 is 9.90 Å². The minimum absolute atomic E-state index is 0.104. The van der Waals surface area contributed by atoms with Crippen molar-refractivity contribution in [3.63, 3.8) is 0 Å². The Morgan fingerprint density at radius 1 is 1.32 bits per heavy atom. The van der Waals surface area contributed by atoms with Crippen LogP contribution in [-0.4, -0.2) is 22.2 Å².